The molecule has 1 N–H and O–H groups in total. The highest BCUT2D eigenvalue weighted by molar-refractivity contribution is 8.04. The number of nitrogens with zero attached hydrogens (tertiary/aromatic N) is 1. The standard InChI is InChI=1S/C30H29ClN2O5S/c1-5-6-15-38-30(36)20-9-11-21(12-10-20)33-28(34)26(32-24-16-19(3)23(31)17-25(24)37-4)27(29(33)35)39-22-13-7-18(2)8-14-22/h7-14,16-17,32H,5-6,15H2,1-4H3. The number of methoxy groups -OCH3 is 1. The third-order valence-electron chi connectivity index (χ3n) is 6.11. The van der Waals surface area contributed by atoms with Crippen molar-refractivity contribution in [2.24, 2.45) is 0 Å². The minimum Gasteiger partial charge on any atom is -0.495 e. The van der Waals surface area contributed by atoms with E-state index in [1.54, 1.807) is 36.4 Å². The maximum atomic E-state index is 13.7. The van der Waals surface area contributed by atoms with Crippen LogP contribution in [-0.4, -0.2) is 31.5 Å². The van der Waals surface area contributed by atoms with E-state index < -0.39 is 17.8 Å². The third kappa shape index (κ3) is 6.29. The number of ether oxygens (including phenoxy) is 2. The molecule has 3 aromatic rings. The molecule has 0 radical (unpaired) electrons. The third-order valence-corrected chi connectivity index (χ3v) is 7.61. The summed E-state index contributed by atoms with van der Waals surface area (Å²) in [6, 6.07) is 17.3. The van der Waals surface area contributed by atoms with E-state index in [4.69, 9.17) is 21.1 Å². The van der Waals surface area contributed by atoms with E-state index in [-0.39, 0.29) is 10.6 Å². The quantitative estimate of drug-likeness (QED) is 0.163. The Morgan fingerprint density at radius 2 is 1.69 bits per heavy atom. The number of amides is 2. The van der Waals surface area contributed by atoms with Gasteiger partial charge in [-0.3, -0.25) is 9.59 Å². The largest absolute Gasteiger partial charge is 0.495 e. The van der Waals surface area contributed by atoms with Crippen LogP contribution in [0.4, 0.5) is 11.4 Å². The molecule has 7 nitrogen and oxygen atoms in total. The molecule has 1 heterocycles. The lowest BCUT2D eigenvalue weighted by Gasteiger charge is -2.16. The number of esters is 1. The number of carbonyl (C=O) groups is 3. The molecule has 9 heteroatoms. The summed E-state index contributed by atoms with van der Waals surface area (Å²) in [7, 11) is 1.51. The van der Waals surface area contributed by atoms with Gasteiger partial charge in [-0.05, 0) is 68.3 Å². The van der Waals surface area contributed by atoms with Gasteiger partial charge >= 0.3 is 5.97 Å². The molecule has 2 amide bonds. The van der Waals surface area contributed by atoms with Crippen LogP contribution in [0, 0.1) is 13.8 Å². The van der Waals surface area contributed by atoms with Crippen LogP contribution in [0.3, 0.4) is 0 Å². The molecular formula is C30H29ClN2O5S. The van der Waals surface area contributed by atoms with Crippen LogP contribution in [0.5, 0.6) is 5.75 Å². The number of hydrogen-bond donors (Lipinski definition) is 1. The maximum Gasteiger partial charge on any atom is 0.338 e. The summed E-state index contributed by atoms with van der Waals surface area (Å²) in [5.74, 6) is -1.02. The number of thioether (sulfide) groups is 1. The summed E-state index contributed by atoms with van der Waals surface area (Å²) < 4.78 is 10.7. The van der Waals surface area contributed by atoms with E-state index in [0.717, 1.165) is 33.8 Å². The van der Waals surface area contributed by atoms with Crippen LogP contribution in [0.1, 0.15) is 41.3 Å². The van der Waals surface area contributed by atoms with Crippen molar-refractivity contribution in [3.63, 3.8) is 0 Å². The molecule has 0 saturated heterocycles. The predicted octanol–water partition coefficient (Wildman–Crippen LogP) is 6.91. The van der Waals surface area contributed by atoms with E-state index in [2.05, 4.69) is 5.32 Å². The van der Waals surface area contributed by atoms with Crippen molar-refractivity contribution in [2.45, 2.75) is 38.5 Å². The molecular weight excluding hydrogens is 536 g/mol. The van der Waals surface area contributed by atoms with Gasteiger partial charge in [0.1, 0.15) is 16.4 Å². The van der Waals surface area contributed by atoms with Gasteiger partial charge in [0.05, 0.1) is 30.7 Å². The zero-order valence-corrected chi connectivity index (χ0v) is 23.7. The second-order valence-electron chi connectivity index (χ2n) is 9.03. The van der Waals surface area contributed by atoms with Crippen LogP contribution < -0.4 is 15.0 Å². The predicted molar refractivity (Wildman–Crippen MR) is 155 cm³/mol. The van der Waals surface area contributed by atoms with Crippen LogP contribution in [0.15, 0.2) is 76.2 Å². The molecule has 0 saturated carbocycles. The number of hydrogen-bond acceptors (Lipinski definition) is 7. The Morgan fingerprint density at radius 3 is 2.33 bits per heavy atom. The Labute approximate surface area is 237 Å². The van der Waals surface area contributed by atoms with Crippen LogP contribution in [0.25, 0.3) is 0 Å². The molecule has 0 atom stereocenters. The van der Waals surface area contributed by atoms with E-state index in [9.17, 15) is 14.4 Å². The van der Waals surface area contributed by atoms with Gasteiger partial charge in [-0.15, -0.1) is 0 Å². The number of rotatable bonds is 10. The molecule has 0 bridgehead atoms. The van der Waals surface area contributed by atoms with Crippen molar-refractivity contribution in [1.82, 2.24) is 0 Å². The fraction of sp³-hybridized carbons (Fsp3) is 0.233. The summed E-state index contributed by atoms with van der Waals surface area (Å²) in [6.45, 7) is 6.17. The number of unbranched alkanes of at least 4 members (excludes halogenated alkanes) is 1. The second kappa shape index (κ2) is 12.4. The van der Waals surface area contributed by atoms with Gasteiger partial charge in [0.15, 0.2) is 0 Å². The molecule has 202 valence electrons. The molecule has 0 unspecified atom stereocenters. The van der Waals surface area contributed by atoms with Crippen molar-refractivity contribution in [2.75, 3.05) is 23.9 Å². The summed E-state index contributed by atoms with van der Waals surface area (Å²) in [4.78, 5) is 41.9. The van der Waals surface area contributed by atoms with Gasteiger partial charge < -0.3 is 14.8 Å². The topological polar surface area (TPSA) is 84.9 Å². The zero-order chi connectivity index (χ0) is 28.1. The zero-order valence-electron chi connectivity index (χ0n) is 22.2. The Kier molecular flexibility index (Phi) is 8.99. The lowest BCUT2D eigenvalue weighted by atomic mass is 10.2. The van der Waals surface area contributed by atoms with Crippen molar-refractivity contribution in [3.05, 3.63) is 93.0 Å². The Balaban J connectivity index is 1.68. The van der Waals surface area contributed by atoms with Crippen LogP contribution >= 0.6 is 23.4 Å². The number of anilines is 2. The van der Waals surface area contributed by atoms with Crippen LogP contribution in [0.2, 0.25) is 5.02 Å². The molecule has 3 aromatic carbocycles. The van der Waals surface area contributed by atoms with E-state index >= 15 is 0 Å². The summed E-state index contributed by atoms with van der Waals surface area (Å²) >= 11 is 7.47. The first kappa shape index (κ1) is 28.3. The van der Waals surface area contributed by atoms with E-state index in [0.29, 0.717) is 34.3 Å². The monoisotopic (exact) mass is 564 g/mol. The van der Waals surface area contributed by atoms with Gasteiger partial charge in [-0.2, -0.15) is 0 Å². The second-order valence-corrected chi connectivity index (χ2v) is 10.5. The smallest absolute Gasteiger partial charge is 0.338 e. The molecule has 1 aliphatic heterocycles. The lowest BCUT2D eigenvalue weighted by molar-refractivity contribution is -0.120. The number of benzene rings is 3. The van der Waals surface area contributed by atoms with Crippen LogP contribution in [-0.2, 0) is 14.3 Å². The fourth-order valence-electron chi connectivity index (χ4n) is 3.88. The van der Waals surface area contributed by atoms with E-state index in [1.807, 2.05) is 45.0 Å². The van der Waals surface area contributed by atoms with Crippen molar-refractivity contribution in [1.29, 1.82) is 0 Å². The minimum atomic E-state index is -0.525. The first-order valence-corrected chi connectivity index (χ1v) is 13.7. The normalized spacial score (nSPS) is 13.2. The molecule has 4 rings (SSSR count). The van der Waals surface area contributed by atoms with E-state index in [1.165, 1.54) is 18.9 Å². The number of carbonyl (C=O) groups excluding carboxylic acids is 3. The van der Waals surface area contributed by atoms with Crippen molar-refractivity contribution in [3.8, 4) is 5.75 Å². The minimum absolute atomic E-state index is 0.119. The van der Waals surface area contributed by atoms with Gasteiger partial charge in [0, 0.05) is 16.0 Å². The first-order valence-electron chi connectivity index (χ1n) is 12.5. The SMILES string of the molecule is CCCCOC(=O)c1ccc(N2C(=O)C(Nc3cc(C)c(Cl)cc3OC)=C(Sc3ccc(C)cc3)C2=O)cc1. The summed E-state index contributed by atoms with van der Waals surface area (Å²) in [5, 5.41) is 3.66. The molecule has 0 aromatic heterocycles. The lowest BCUT2D eigenvalue weighted by Crippen LogP contribution is -2.32. The van der Waals surface area contributed by atoms with Crippen molar-refractivity contribution < 1.29 is 23.9 Å². The Morgan fingerprint density at radius 1 is 1.00 bits per heavy atom. The number of nitrogens with one attached hydrogen (secondary N) is 1. The average molecular weight is 565 g/mol. The fourth-order valence-corrected chi connectivity index (χ4v) is 4.96. The molecule has 0 spiro atoms. The number of aryl methyl sites for hydroxylation is 2. The highest BCUT2D eigenvalue weighted by Gasteiger charge is 2.40. The van der Waals surface area contributed by atoms with Gasteiger partial charge in [0.25, 0.3) is 11.8 Å². The Hall–Kier alpha value is -3.75. The number of imide groups is 1. The maximum absolute atomic E-state index is 13.7. The molecule has 1 aliphatic rings. The highest BCUT2D eigenvalue weighted by Crippen LogP contribution is 2.40. The molecule has 0 fully saturated rings. The Bertz CT molecular complexity index is 1430. The molecule has 39 heavy (non-hydrogen) atoms. The highest BCUT2D eigenvalue weighted by atomic mass is 35.5. The first-order chi connectivity index (χ1) is 18.7. The number of halogens is 1. The molecule has 0 aliphatic carbocycles. The average Bonchev–Trinajstić information content (AvgIpc) is 3.15. The summed E-state index contributed by atoms with van der Waals surface area (Å²) in [6.07, 6.45) is 1.70. The van der Waals surface area contributed by atoms with Gasteiger partial charge in [-0.1, -0.05) is 54.4 Å². The van der Waals surface area contributed by atoms with Gasteiger partial charge in [-0.25, -0.2) is 9.69 Å². The van der Waals surface area contributed by atoms with Crippen molar-refractivity contribution >= 4 is 52.5 Å². The van der Waals surface area contributed by atoms with Gasteiger partial charge in [0.2, 0.25) is 0 Å². The summed E-state index contributed by atoms with van der Waals surface area (Å²) in [5.41, 5.74) is 3.17.